The van der Waals surface area contributed by atoms with Crippen molar-refractivity contribution in [1.29, 1.82) is 0 Å². The molecule has 0 aromatic heterocycles. The summed E-state index contributed by atoms with van der Waals surface area (Å²) in [6.45, 7) is 0. The van der Waals surface area contributed by atoms with E-state index in [1.165, 1.54) is 10.5 Å². The van der Waals surface area contributed by atoms with Gasteiger partial charge < -0.3 is 0 Å². The van der Waals surface area contributed by atoms with Crippen LogP contribution in [0.3, 0.4) is 0 Å². The normalized spacial score (nSPS) is 14.1. The van der Waals surface area contributed by atoms with Gasteiger partial charge in [0.2, 0.25) is 0 Å². The molecule has 0 unspecified atom stereocenters. The van der Waals surface area contributed by atoms with Crippen LogP contribution in [0.4, 0.5) is 0 Å². The SMILES string of the molecule is [CH3][Ti]([CH3])(=[O])([O]Cl)[O]Cl. The molecule has 8 heavy (non-hydrogen) atoms. The van der Waals surface area contributed by atoms with Crippen molar-refractivity contribution < 1.29 is 25.1 Å². The van der Waals surface area contributed by atoms with Crippen molar-refractivity contribution in [3.8, 4) is 0 Å². The molecule has 0 aromatic rings. The summed E-state index contributed by atoms with van der Waals surface area (Å²) in [5, 5.41) is 2.49. The molecule has 0 aliphatic heterocycles. The van der Waals surface area contributed by atoms with E-state index in [1.54, 1.807) is 0 Å². The molecular formula is C2H6Cl2O3Ti. The molecule has 0 spiro atoms. The minimum absolute atomic E-state index is 1.25. The summed E-state index contributed by atoms with van der Waals surface area (Å²) >= 11 is 5.17. The van der Waals surface area contributed by atoms with E-state index < -0.39 is 16.1 Å². The Labute approximate surface area is 59.4 Å². The summed E-state index contributed by atoms with van der Waals surface area (Å²) in [6, 6.07) is 0. The summed E-state index contributed by atoms with van der Waals surface area (Å²) in [7, 11) is 0. The summed E-state index contributed by atoms with van der Waals surface area (Å²) < 4.78 is 19.0. The van der Waals surface area contributed by atoms with Gasteiger partial charge in [0.15, 0.2) is 0 Å². The Bertz CT molecular complexity index is 128. The molecule has 0 radical (unpaired) electrons. The predicted octanol–water partition coefficient (Wildman–Crippen LogP) is 2.29. The molecule has 0 N–H and O–H groups in total. The second-order valence-electron chi connectivity index (χ2n) is 2.13. The molecule has 0 rings (SSSR count). The molecule has 50 valence electrons. The van der Waals surface area contributed by atoms with E-state index in [0.717, 1.165) is 0 Å². The monoisotopic (exact) mass is 196 g/mol. The van der Waals surface area contributed by atoms with Crippen molar-refractivity contribution in [1.82, 2.24) is 0 Å². The maximum absolute atomic E-state index is 10.9. The van der Waals surface area contributed by atoms with Crippen LogP contribution in [-0.4, -0.2) is 0 Å². The summed E-state index contributed by atoms with van der Waals surface area (Å²) in [5.74, 6) is 0. The topological polar surface area (TPSA) is 35.5 Å². The van der Waals surface area contributed by atoms with Gasteiger partial charge in [0.05, 0.1) is 0 Å². The Morgan fingerprint density at radius 1 is 1.25 bits per heavy atom. The third-order valence-electron chi connectivity index (χ3n) is 0.435. The average Bonchev–Trinajstić information content (AvgIpc) is 1.68. The Hall–Kier alpha value is 1.01. The molecule has 0 aliphatic carbocycles. The van der Waals surface area contributed by atoms with Crippen molar-refractivity contribution in [3.05, 3.63) is 0 Å². The molecule has 0 saturated heterocycles. The first kappa shape index (κ1) is 9.01. The molecule has 6 heteroatoms. The Kier molecular flexibility index (Phi) is 2.62. The third kappa shape index (κ3) is 3.12. The first-order valence-corrected chi connectivity index (χ1v) is 7.57. The van der Waals surface area contributed by atoms with Crippen LogP contribution in [0.1, 0.15) is 0 Å². The number of hydrogen-bond acceptors (Lipinski definition) is 3. The molecule has 0 aliphatic rings. The quantitative estimate of drug-likeness (QED) is 0.636. The Balaban J connectivity index is 4.25. The van der Waals surface area contributed by atoms with Gasteiger partial charge in [-0.05, 0) is 0 Å². The summed E-state index contributed by atoms with van der Waals surface area (Å²) in [4.78, 5) is 0. The standard InChI is InChI=1S/2CH3.2ClO.O.Ti/c;;2*1-2;;/h2*1H3;;;;/q;;2*-1;;+2. The fourth-order valence-corrected chi connectivity index (χ4v) is 0.442. The van der Waals surface area contributed by atoms with Crippen LogP contribution < -0.4 is 0 Å². The Morgan fingerprint density at radius 2 is 1.50 bits per heavy atom. The second-order valence-corrected chi connectivity index (χ2v) is 10.1. The van der Waals surface area contributed by atoms with Crippen LogP contribution in [0.25, 0.3) is 0 Å². The number of hydrogen-bond donors (Lipinski definition) is 0. The number of halogens is 2. The molecular weight excluding hydrogens is 191 g/mol. The van der Waals surface area contributed by atoms with Gasteiger partial charge >= 0.3 is 59.3 Å². The van der Waals surface area contributed by atoms with Crippen LogP contribution in [0.15, 0.2) is 0 Å². The average molecular weight is 197 g/mol. The second kappa shape index (κ2) is 2.33. The van der Waals surface area contributed by atoms with Gasteiger partial charge in [-0.3, -0.25) is 0 Å². The van der Waals surface area contributed by atoms with Crippen molar-refractivity contribution in [2.45, 2.75) is 10.5 Å². The molecule has 0 atom stereocenters. The van der Waals surface area contributed by atoms with Gasteiger partial charge in [0.25, 0.3) is 0 Å². The Morgan fingerprint density at radius 3 is 1.50 bits per heavy atom. The van der Waals surface area contributed by atoms with E-state index in [0.29, 0.717) is 0 Å². The van der Waals surface area contributed by atoms with E-state index in [4.69, 9.17) is 23.7 Å². The molecule has 3 nitrogen and oxygen atoms in total. The third-order valence-corrected chi connectivity index (χ3v) is 5.38. The summed E-state index contributed by atoms with van der Waals surface area (Å²) in [5.41, 5.74) is 0. The van der Waals surface area contributed by atoms with E-state index in [2.05, 4.69) is 5.74 Å². The predicted molar refractivity (Wildman–Crippen MR) is 26.3 cm³/mol. The van der Waals surface area contributed by atoms with E-state index in [1.807, 2.05) is 0 Å². The first-order chi connectivity index (χ1) is 3.39. The van der Waals surface area contributed by atoms with E-state index >= 15 is 0 Å². The van der Waals surface area contributed by atoms with Crippen molar-refractivity contribution in [3.63, 3.8) is 0 Å². The van der Waals surface area contributed by atoms with Crippen molar-refractivity contribution in [2.24, 2.45) is 0 Å². The maximum atomic E-state index is 10.9. The van der Waals surface area contributed by atoms with Gasteiger partial charge in [0.1, 0.15) is 0 Å². The van der Waals surface area contributed by atoms with E-state index in [-0.39, 0.29) is 0 Å². The summed E-state index contributed by atoms with van der Waals surface area (Å²) in [6.07, 6.45) is 0. The van der Waals surface area contributed by atoms with Gasteiger partial charge in [-0.15, -0.1) is 0 Å². The van der Waals surface area contributed by atoms with Gasteiger partial charge in [-0.1, -0.05) is 0 Å². The van der Waals surface area contributed by atoms with Gasteiger partial charge in [0, 0.05) is 0 Å². The molecule has 0 saturated carbocycles. The first-order valence-electron chi connectivity index (χ1n) is 1.92. The molecule has 0 heterocycles. The van der Waals surface area contributed by atoms with Crippen molar-refractivity contribution >= 4 is 23.7 Å². The van der Waals surface area contributed by atoms with Crippen LogP contribution in [0.5, 0.6) is 0 Å². The van der Waals surface area contributed by atoms with Crippen molar-refractivity contribution in [2.75, 3.05) is 0 Å². The zero-order chi connectivity index (χ0) is 6.86. The van der Waals surface area contributed by atoms with Crippen LogP contribution in [0.2, 0.25) is 10.5 Å². The van der Waals surface area contributed by atoms with Crippen LogP contribution in [-0.2, 0) is 25.1 Å². The zero-order valence-electron chi connectivity index (χ0n) is 4.48. The molecule has 0 amide bonds. The number of rotatable bonds is 2. The molecule has 0 bridgehead atoms. The fraction of sp³-hybridized carbons (Fsp3) is 1.00. The van der Waals surface area contributed by atoms with E-state index in [9.17, 15) is 3.32 Å². The van der Waals surface area contributed by atoms with Gasteiger partial charge in [-0.25, -0.2) is 0 Å². The molecule has 0 aromatic carbocycles. The zero-order valence-corrected chi connectivity index (χ0v) is 7.55. The van der Waals surface area contributed by atoms with Crippen LogP contribution >= 0.6 is 23.7 Å². The minimum atomic E-state index is -4.42. The fourth-order valence-electron chi connectivity index (χ4n) is 0.0119. The van der Waals surface area contributed by atoms with Gasteiger partial charge in [-0.2, -0.15) is 0 Å². The van der Waals surface area contributed by atoms with Crippen LogP contribution in [0, 0.1) is 0 Å². The molecule has 0 fully saturated rings.